The van der Waals surface area contributed by atoms with Gasteiger partial charge in [0.25, 0.3) is 0 Å². The molecule has 3 aromatic rings. The fraction of sp³-hybridized carbons (Fsp3) is 0.333. The maximum atomic E-state index is 13.9. The Morgan fingerprint density at radius 3 is 2.23 bits per heavy atom. The Morgan fingerprint density at radius 2 is 1.65 bits per heavy atom. The smallest absolute Gasteiger partial charge is 0.520 e. The van der Waals surface area contributed by atoms with Crippen LogP contribution in [0.1, 0.15) is 73.8 Å². The SMILES string of the molecule is CCC1CC[C@@H](n2cc(-c3ccc(Oc4c(F)cccc4F)cc3)c3c2C(=O)OC3=O)CN1[C-]=O.C[C-](C)C.[U+2]. The number of carbonyl (C=O) groups excluding carboxylic acids is 3. The van der Waals surface area contributed by atoms with E-state index in [4.69, 9.17) is 9.47 Å². The van der Waals surface area contributed by atoms with E-state index in [1.807, 2.05) is 13.3 Å². The standard InChI is InChI=1S/C26H21F2N2O5.C4H9.U/c1-2-16-8-9-17(12-29(16)14-31)30-13-19(22-23(30)26(33)35-25(22)32)15-6-10-18(11-7-15)34-24-20(27)4-3-5-21(24)28;1-4(2)3;/h3-7,10-11,13,16-17H,2,8-9,12H2,1H3;1-3H3;/q2*-1;+2/t16?,17-;;/m1../s1. The molecule has 1 unspecified atom stereocenters. The van der Waals surface area contributed by atoms with E-state index in [9.17, 15) is 23.2 Å². The third-order valence-corrected chi connectivity index (χ3v) is 6.58. The van der Waals surface area contributed by atoms with Crippen molar-refractivity contribution in [2.24, 2.45) is 0 Å². The molecule has 2 aliphatic rings. The summed E-state index contributed by atoms with van der Waals surface area (Å²) in [5, 5.41) is 0. The number of carbonyl (C=O) groups is 2. The number of fused-ring (bicyclic) bond motifs is 1. The minimum absolute atomic E-state index is 0. The Kier molecular flexibility index (Phi) is 10.7. The molecule has 1 saturated heterocycles. The average molecular weight is 775 g/mol. The van der Waals surface area contributed by atoms with Crippen LogP contribution < -0.4 is 4.74 Å². The molecule has 0 spiro atoms. The normalized spacial score (nSPS) is 17.9. The molecule has 1 aromatic heterocycles. The first-order valence-corrected chi connectivity index (χ1v) is 12.8. The first kappa shape index (κ1) is 31.6. The molecule has 0 N–H and O–H groups in total. The van der Waals surface area contributed by atoms with Crippen LogP contribution >= 0.6 is 0 Å². The molecular formula is C30H30F2N2O5U. The number of hydrogen-bond donors (Lipinski definition) is 0. The molecule has 2 aliphatic heterocycles. The topological polar surface area (TPSA) is 77.8 Å². The van der Waals surface area contributed by atoms with Crippen molar-refractivity contribution in [2.75, 3.05) is 6.54 Å². The van der Waals surface area contributed by atoms with E-state index in [0.717, 1.165) is 31.4 Å². The molecule has 208 valence electrons. The van der Waals surface area contributed by atoms with Crippen LogP contribution in [0.15, 0.2) is 48.7 Å². The number of amides is 1. The molecule has 0 radical (unpaired) electrons. The molecular weight excluding hydrogens is 744 g/mol. The Bertz CT molecular complexity index is 1350. The van der Waals surface area contributed by atoms with E-state index < -0.39 is 29.3 Å². The van der Waals surface area contributed by atoms with Crippen molar-refractivity contribution in [2.45, 2.75) is 59.0 Å². The summed E-state index contributed by atoms with van der Waals surface area (Å²) >= 11 is 0. The Hall–Kier alpha value is -2.96. The van der Waals surface area contributed by atoms with Crippen LogP contribution in [0.5, 0.6) is 11.5 Å². The molecule has 0 aliphatic carbocycles. The number of halogens is 2. The predicted molar refractivity (Wildman–Crippen MR) is 141 cm³/mol. The van der Waals surface area contributed by atoms with Crippen LogP contribution in [0.2, 0.25) is 0 Å². The fourth-order valence-corrected chi connectivity index (χ4v) is 4.80. The number of rotatable bonds is 6. The van der Waals surface area contributed by atoms with Crippen LogP contribution in [0.4, 0.5) is 8.78 Å². The maximum Gasteiger partial charge on any atom is 2.00 e. The molecule has 10 heteroatoms. The quantitative estimate of drug-likeness (QED) is 0.160. The third kappa shape index (κ3) is 6.67. The number of esters is 2. The van der Waals surface area contributed by atoms with Crippen LogP contribution in [-0.2, 0) is 9.53 Å². The second-order valence-corrected chi connectivity index (χ2v) is 10.1. The second kappa shape index (κ2) is 13.6. The van der Waals surface area contributed by atoms with E-state index in [-0.39, 0.29) is 60.2 Å². The summed E-state index contributed by atoms with van der Waals surface area (Å²) in [6.45, 7) is 8.62. The van der Waals surface area contributed by atoms with Crippen molar-refractivity contribution in [3.63, 3.8) is 0 Å². The predicted octanol–water partition coefficient (Wildman–Crippen LogP) is 6.64. The first-order valence-electron chi connectivity index (χ1n) is 12.8. The van der Waals surface area contributed by atoms with Gasteiger partial charge in [0, 0.05) is 24.3 Å². The van der Waals surface area contributed by atoms with Gasteiger partial charge in [-0.15, -0.1) is 0 Å². The minimum atomic E-state index is -0.829. The Balaban J connectivity index is 0.000000828. The monoisotopic (exact) mass is 774 g/mol. The number of benzene rings is 2. The van der Waals surface area contributed by atoms with Gasteiger partial charge < -0.3 is 29.7 Å². The molecule has 7 nitrogen and oxygen atoms in total. The second-order valence-electron chi connectivity index (χ2n) is 10.1. The number of ether oxygens (including phenoxy) is 2. The van der Waals surface area contributed by atoms with Crippen molar-refractivity contribution in [3.05, 3.63) is 77.5 Å². The Labute approximate surface area is 256 Å². The number of nitrogens with zero attached hydrogens (tertiary/aromatic N) is 2. The first-order chi connectivity index (χ1) is 18.6. The molecule has 1 fully saturated rings. The Morgan fingerprint density at radius 1 is 1.02 bits per heavy atom. The van der Waals surface area contributed by atoms with Crippen molar-refractivity contribution in [3.8, 4) is 22.6 Å². The summed E-state index contributed by atoms with van der Waals surface area (Å²) in [7, 11) is 0. The van der Waals surface area contributed by atoms with E-state index >= 15 is 0 Å². The van der Waals surface area contributed by atoms with Crippen LogP contribution in [0.3, 0.4) is 0 Å². The summed E-state index contributed by atoms with van der Waals surface area (Å²) in [6.07, 6.45) is 5.98. The zero-order chi connectivity index (χ0) is 28.3. The molecule has 0 bridgehead atoms. The largest absolute Gasteiger partial charge is 2.00 e. The van der Waals surface area contributed by atoms with Gasteiger partial charge in [0.15, 0.2) is 17.4 Å². The molecule has 5 rings (SSSR count). The van der Waals surface area contributed by atoms with Crippen LogP contribution in [0.25, 0.3) is 11.1 Å². The molecule has 0 saturated carbocycles. The van der Waals surface area contributed by atoms with Gasteiger partial charge in [-0.2, -0.15) is 27.2 Å². The van der Waals surface area contributed by atoms with Gasteiger partial charge in [-0.1, -0.05) is 25.1 Å². The van der Waals surface area contributed by atoms with Gasteiger partial charge in [0.2, 0.25) is 0 Å². The third-order valence-electron chi connectivity index (χ3n) is 6.58. The molecule has 2 atom stereocenters. The number of aromatic nitrogens is 1. The zero-order valence-electron chi connectivity index (χ0n) is 22.8. The van der Waals surface area contributed by atoms with Crippen molar-refractivity contribution in [1.29, 1.82) is 0 Å². The summed E-state index contributed by atoms with van der Waals surface area (Å²) in [5.41, 5.74) is 1.39. The van der Waals surface area contributed by atoms with Gasteiger partial charge in [-0.25, -0.2) is 18.4 Å². The summed E-state index contributed by atoms with van der Waals surface area (Å²) in [4.78, 5) is 38.1. The van der Waals surface area contributed by atoms with E-state index in [0.29, 0.717) is 17.7 Å². The van der Waals surface area contributed by atoms with Gasteiger partial charge in [0.1, 0.15) is 17.0 Å². The molecule has 1 amide bonds. The molecule has 3 heterocycles. The summed E-state index contributed by atoms with van der Waals surface area (Å²) < 4.78 is 39.8. The number of para-hydroxylation sites is 1. The maximum absolute atomic E-state index is 13.9. The van der Waals surface area contributed by atoms with E-state index in [2.05, 4.69) is 20.8 Å². The minimum Gasteiger partial charge on any atom is -0.520 e. The van der Waals surface area contributed by atoms with Crippen molar-refractivity contribution in [1.82, 2.24) is 9.47 Å². The summed E-state index contributed by atoms with van der Waals surface area (Å²) in [6, 6.07) is 9.60. The van der Waals surface area contributed by atoms with Crippen molar-refractivity contribution >= 4 is 18.3 Å². The van der Waals surface area contributed by atoms with Gasteiger partial charge in [-0.05, 0) is 55.1 Å². The number of cyclic esters (lactones) is 2. The number of piperidine rings is 1. The summed E-state index contributed by atoms with van der Waals surface area (Å²) in [5.74, 6) is -2.03. The van der Waals surface area contributed by atoms with E-state index in [1.165, 1.54) is 24.1 Å². The van der Waals surface area contributed by atoms with E-state index in [1.54, 1.807) is 27.8 Å². The fourth-order valence-electron chi connectivity index (χ4n) is 4.80. The van der Waals surface area contributed by atoms with Gasteiger partial charge in [-0.3, -0.25) is 0 Å². The average Bonchev–Trinajstić information content (AvgIpc) is 3.44. The number of likely N-dealkylation sites (tertiary alicyclic amines) is 1. The van der Waals surface area contributed by atoms with Crippen molar-refractivity contribution < 1.29 is 63.8 Å². The number of hydrogen-bond acceptors (Lipinski definition) is 5. The van der Waals surface area contributed by atoms with Gasteiger partial charge in [0.05, 0.1) is 0 Å². The molecule has 2 aromatic carbocycles. The van der Waals surface area contributed by atoms with Crippen LogP contribution in [-0.4, -0.2) is 40.4 Å². The van der Waals surface area contributed by atoms with Crippen LogP contribution in [0, 0.1) is 48.7 Å². The zero-order valence-corrected chi connectivity index (χ0v) is 27.0. The molecule has 40 heavy (non-hydrogen) atoms. The van der Waals surface area contributed by atoms with Gasteiger partial charge >= 0.3 is 43.1 Å².